The second-order valence-corrected chi connectivity index (χ2v) is 10.8. The standard InChI is InChI=1S/C32H40F3NO6/c1-2-3-4-5-6-7-8-9-10-11-12-13-14-15-20(38)19(18-37)36-30-26-25(27(33)28(34)29(30)35)31(41)23-21(39)16-17-22(40)24(23)32(26)42/h14-17,19-20,36-40H,2-13,18H2,1H3/b15-14+. The van der Waals surface area contributed by atoms with Gasteiger partial charge in [0.25, 0.3) is 0 Å². The molecular weight excluding hydrogens is 551 g/mol. The highest BCUT2D eigenvalue weighted by atomic mass is 19.2. The molecule has 5 N–H and O–H groups in total. The van der Waals surface area contributed by atoms with Crippen LogP contribution in [0.2, 0.25) is 0 Å². The molecule has 0 aliphatic heterocycles. The van der Waals surface area contributed by atoms with Gasteiger partial charge in [0.1, 0.15) is 11.5 Å². The first-order valence-electron chi connectivity index (χ1n) is 14.7. The zero-order chi connectivity index (χ0) is 30.8. The fraction of sp³-hybridized carbons (Fsp3) is 0.500. The number of nitrogens with one attached hydrogen (secondary N) is 1. The summed E-state index contributed by atoms with van der Waals surface area (Å²) >= 11 is 0. The normalized spacial score (nSPS) is 14.2. The number of ketones is 2. The molecule has 7 nitrogen and oxygen atoms in total. The Balaban J connectivity index is 1.64. The molecule has 0 radical (unpaired) electrons. The van der Waals surface area contributed by atoms with Crippen molar-refractivity contribution in [1.29, 1.82) is 0 Å². The van der Waals surface area contributed by atoms with Crippen LogP contribution in [0, 0.1) is 17.5 Å². The Labute approximate surface area is 244 Å². The lowest BCUT2D eigenvalue weighted by atomic mass is 9.81. The maximum absolute atomic E-state index is 15.0. The van der Waals surface area contributed by atoms with Crippen LogP contribution in [0.15, 0.2) is 24.3 Å². The predicted octanol–water partition coefficient (Wildman–Crippen LogP) is 6.68. The average molecular weight is 592 g/mol. The molecule has 42 heavy (non-hydrogen) atoms. The van der Waals surface area contributed by atoms with Gasteiger partial charge in [0.2, 0.25) is 11.6 Å². The van der Waals surface area contributed by atoms with Crippen LogP contribution < -0.4 is 5.32 Å². The van der Waals surface area contributed by atoms with Gasteiger partial charge in [-0.3, -0.25) is 9.59 Å². The van der Waals surface area contributed by atoms with Crippen LogP contribution in [0.1, 0.15) is 116 Å². The molecule has 2 atom stereocenters. The number of unbranched alkanes of at least 4 members (excludes halogenated alkanes) is 11. The minimum Gasteiger partial charge on any atom is -0.507 e. The number of allylic oxidation sites excluding steroid dienone is 1. The van der Waals surface area contributed by atoms with Crippen LogP contribution in [0.3, 0.4) is 0 Å². The van der Waals surface area contributed by atoms with Crippen LogP contribution >= 0.6 is 0 Å². The second kappa shape index (κ2) is 15.7. The molecule has 10 heteroatoms. The smallest absolute Gasteiger partial charge is 0.201 e. The van der Waals surface area contributed by atoms with E-state index in [0.717, 1.165) is 31.4 Å². The lowest BCUT2D eigenvalue weighted by Crippen LogP contribution is -2.37. The number of hydrogen-bond donors (Lipinski definition) is 5. The first-order valence-corrected chi connectivity index (χ1v) is 14.7. The fourth-order valence-corrected chi connectivity index (χ4v) is 5.25. The fourth-order valence-electron chi connectivity index (χ4n) is 5.25. The molecule has 0 saturated heterocycles. The van der Waals surface area contributed by atoms with Crippen LogP contribution in [-0.4, -0.2) is 50.7 Å². The molecule has 0 fully saturated rings. The van der Waals surface area contributed by atoms with Crippen molar-refractivity contribution in [2.24, 2.45) is 0 Å². The molecule has 1 aliphatic rings. The molecule has 3 rings (SSSR count). The number of aliphatic hydroxyl groups excluding tert-OH is 2. The summed E-state index contributed by atoms with van der Waals surface area (Å²) in [6.45, 7) is 1.41. The number of phenols is 2. The third-order valence-electron chi connectivity index (χ3n) is 7.64. The van der Waals surface area contributed by atoms with E-state index >= 15 is 4.39 Å². The summed E-state index contributed by atoms with van der Waals surface area (Å²) in [6, 6.07) is 0.473. The van der Waals surface area contributed by atoms with Crippen molar-refractivity contribution in [3.8, 4) is 11.5 Å². The molecule has 0 spiro atoms. The molecular formula is C32H40F3NO6. The molecule has 0 aromatic heterocycles. The van der Waals surface area contributed by atoms with Crippen molar-refractivity contribution in [2.45, 2.75) is 96.1 Å². The van der Waals surface area contributed by atoms with Crippen LogP contribution in [0.4, 0.5) is 18.9 Å². The number of anilines is 1. The van der Waals surface area contributed by atoms with Crippen molar-refractivity contribution in [2.75, 3.05) is 11.9 Å². The molecule has 0 saturated carbocycles. The van der Waals surface area contributed by atoms with Gasteiger partial charge in [-0.25, -0.2) is 13.2 Å². The zero-order valence-corrected chi connectivity index (χ0v) is 23.9. The summed E-state index contributed by atoms with van der Waals surface area (Å²) in [5, 5.41) is 43.1. The quantitative estimate of drug-likeness (QED) is 0.0513. The van der Waals surface area contributed by atoms with Crippen molar-refractivity contribution < 1.29 is 43.2 Å². The lowest BCUT2D eigenvalue weighted by Gasteiger charge is -2.27. The minimum atomic E-state index is -2.06. The van der Waals surface area contributed by atoms with Crippen molar-refractivity contribution in [1.82, 2.24) is 0 Å². The molecule has 2 unspecified atom stereocenters. The molecule has 0 heterocycles. The van der Waals surface area contributed by atoms with Gasteiger partial charge in [-0.2, -0.15) is 0 Å². The number of rotatable bonds is 17. The van der Waals surface area contributed by atoms with Gasteiger partial charge in [-0.1, -0.05) is 83.3 Å². The highest BCUT2D eigenvalue weighted by Gasteiger charge is 2.42. The number of benzene rings is 2. The summed E-state index contributed by atoms with van der Waals surface area (Å²) in [6.07, 6.45) is 15.4. The van der Waals surface area contributed by atoms with Gasteiger partial charge in [0.05, 0.1) is 46.7 Å². The number of phenolic OH excluding ortho intramolecular Hbond substituents is 2. The monoisotopic (exact) mass is 591 g/mol. The van der Waals surface area contributed by atoms with E-state index in [0.29, 0.717) is 6.42 Å². The Morgan fingerprint density at radius 3 is 1.76 bits per heavy atom. The van der Waals surface area contributed by atoms with Gasteiger partial charge in [-0.15, -0.1) is 0 Å². The van der Waals surface area contributed by atoms with E-state index in [1.54, 1.807) is 6.08 Å². The average Bonchev–Trinajstić information content (AvgIpc) is 2.97. The largest absolute Gasteiger partial charge is 0.507 e. The van der Waals surface area contributed by atoms with Crippen molar-refractivity contribution in [3.05, 3.63) is 64.0 Å². The number of fused-ring (bicyclic) bond motifs is 2. The third kappa shape index (κ3) is 7.52. The molecule has 2 aromatic rings. The van der Waals surface area contributed by atoms with E-state index in [1.807, 2.05) is 0 Å². The number of hydrogen-bond acceptors (Lipinski definition) is 7. The minimum absolute atomic E-state index is 0.647. The molecule has 230 valence electrons. The Morgan fingerprint density at radius 1 is 0.738 bits per heavy atom. The molecule has 0 amide bonds. The summed E-state index contributed by atoms with van der Waals surface area (Å²) < 4.78 is 44.4. The van der Waals surface area contributed by atoms with Crippen molar-refractivity contribution >= 4 is 17.3 Å². The van der Waals surface area contributed by atoms with Crippen LogP contribution in [0.25, 0.3) is 0 Å². The maximum Gasteiger partial charge on any atom is 0.201 e. The van der Waals surface area contributed by atoms with E-state index in [1.165, 1.54) is 57.4 Å². The molecule has 1 aliphatic carbocycles. The van der Waals surface area contributed by atoms with Crippen LogP contribution in [0.5, 0.6) is 11.5 Å². The Kier molecular flexibility index (Phi) is 12.4. The topological polar surface area (TPSA) is 127 Å². The van der Waals surface area contributed by atoms with E-state index in [-0.39, 0.29) is 0 Å². The van der Waals surface area contributed by atoms with E-state index < -0.39 is 87.2 Å². The summed E-state index contributed by atoms with van der Waals surface area (Å²) in [7, 11) is 0. The van der Waals surface area contributed by atoms with Gasteiger partial charge in [0, 0.05) is 0 Å². The predicted molar refractivity (Wildman–Crippen MR) is 154 cm³/mol. The van der Waals surface area contributed by atoms with Crippen molar-refractivity contribution in [3.63, 3.8) is 0 Å². The first kappa shape index (κ1) is 33.1. The van der Waals surface area contributed by atoms with E-state index in [4.69, 9.17) is 0 Å². The number of carbonyl (C=O) groups is 2. The zero-order valence-electron chi connectivity index (χ0n) is 23.9. The highest BCUT2D eigenvalue weighted by Crippen LogP contribution is 2.42. The van der Waals surface area contributed by atoms with E-state index in [9.17, 15) is 38.8 Å². The lowest BCUT2D eigenvalue weighted by molar-refractivity contribution is 0.0969. The molecule has 0 bridgehead atoms. The van der Waals surface area contributed by atoms with Gasteiger partial charge in [-0.05, 0) is 25.0 Å². The second-order valence-electron chi connectivity index (χ2n) is 10.8. The third-order valence-corrected chi connectivity index (χ3v) is 7.64. The van der Waals surface area contributed by atoms with Crippen LogP contribution in [-0.2, 0) is 0 Å². The number of carbonyl (C=O) groups excluding carboxylic acids is 2. The Hall–Kier alpha value is -3.37. The Morgan fingerprint density at radius 2 is 1.24 bits per heavy atom. The Bertz CT molecular complexity index is 1300. The number of aliphatic hydroxyl groups is 2. The summed E-state index contributed by atoms with van der Waals surface area (Å²) in [5.74, 6) is -9.89. The number of aromatic hydroxyl groups is 2. The van der Waals surface area contributed by atoms with Gasteiger partial charge < -0.3 is 25.7 Å². The first-order chi connectivity index (χ1) is 20.1. The van der Waals surface area contributed by atoms with Gasteiger partial charge in [0.15, 0.2) is 17.5 Å². The maximum atomic E-state index is 15.0. The molecule has 2 aromatic carbocycles. The summed E-state index contributed by atoms with van der Waals surface area (Å²) in [4.78, 5) is 26.3. The van der Waals surface area contributed by atoms with Gasteiger partial charge >= 0.3 is 0 Å². The summed E-state index contributed by atoms with van der Waals surface area (Å²) in [5.41, 5.74) is -4.44. The van der Waals surface area contributed by atoms with E-state index in [2.05, 4.69) is 12.2 Å². The number of halogens is 3. The highest BCUT2D eigenvalue weighted by molar-refractivity contribution is 6.32. The SMILES string of the molecule is CCCCCCCCCCCCC/C=C/C(O)C(CO)Nc1c(F)c(F)c(F)c2c1C(=O)c1c(O)ccc(O)c1C2=O.